The minimum Gasteiger partial charge on any atom is -0.248 e. The minimum absolute atomic E-state index is 0.321. The van der Waals surface area contributed by atoms with E-state index in [1.54, 1.807) is 6.92 Å². The maximum atomic E-state index is 12.7. The quantitative estimate of drug-likeness (QED) is 0.577. The molecule has 62 valence electrons. The average Bonchev–Trinajstić information content (AvgIpc) is 1.81. The van der Waals surface area contributed by atoms with E-state index in [1.807, 2.05) is 0 Å². The van der Waals surface area contributed by atoms with Crippen molar-refractivity contribution in [1.29, 1.82) is 0 Å². The second-order valence-electron chi connectivity index (χ2n) is 3.26. The molecule has 0 amide bonds. The molecular weight excluding hydrogens is 134 g/mol. The molecule has 0 bridgehead atoms. The Balaban J connectivity index is 3.36. The Morgan fingerprint density at radius 2 is 1.90 bits per heavy atom. The third-order valence-electron chi connectivity index (χ3n) is 1.50. The number of alkyl halides is 2. The van der Waals surface area contributed by atoms with E-state index in [0.717, 1.165) is 0 Å². The van der Waals surface area contributed by atoms with Gasteiger partial charge >= 0.3 is 0 Å². The van der Waals surface area contributed by atoms with E-state index in [1.165, 1.54) is 13.8 Å². The van der Waals surface area contributed by atoms with Crippen molar-refractivity contribution in [2.45, 2.75) is 51.9 Å². The monoisotopic (exact) mass is 150 g/mol. The molecule has 0 radical (unpaired) electrons. The molecule has 0 fully saturated rings. The lowest BCUT2D eigenvalue weighted by Gasteiger charge is -2.14. The zero-order valence-electron chi connectivity index (χ0n) is 6.95. The molecule has 2 heteroatoms. The van der Waals surface area contributed by atoms with Gasteiger partial charge in [0.25, 0.3) is 0 Å². The highest BCUT2D eigenvalue weighted by molar-refractivity contribution is 4.68. The van der Waals surface area contributed by atoms with Gasteiger partial charge in [-0.05, 0) is 33.1 Å². The Hall–Kier alpha value is -0.140. The molecule has 0 spiro atoms. The van der Waals surface area contributed by atoms with Crippen molar-refractivity contribution in [2.75, 3.05) is 0 Å². The highest BCUT2D eigenvalue weighted by Gasteiger charge is 2.17. The van der Waals surface area contributed by atoms with Crippen LogP contribution in [-0.2, 0) is 0 Å². The second kappa shape index (κ2) is 3.89. The van der Waals surface area contributed by atoms with E-state index < -0.39 is 11.8 Å². The van der Waals surface area contributed by atoms with Crippen molar-refractivity contribution < 1.29 is 8.78 Å². The van der Waals surface area contributed by atoms with E-state index in [9.17, 15) is 8.78 Å². The molecular formula is C8H16F2. The van der Waals surface area contributed by atoms with Crippen molar-refractivity contribution in [3.63, 3.8) is 0 Å². The van der Waals surface area contributed by atoms with Gasteiger partial charge in [0.1, 0.15) is 5.67 Å². The van der Waals surface area contributed by atoms with Crippen LogP contribution in [0.4, 0.5) is 8.78 Å². The summed E-state index contributed by atoms with van der Waals surface area (Å²) >= 11 is 0. The third-order valence-corrected chi connectivity index (χ3v) is 1.50. The van der Waals surface area contributed by atoms with Gasteiger partial charge in [0.15, 0.2) is 0 Å². The van der Waals surface area contributed by atoms with E-state index in [0.29, 0.717) is 19.3 Å². The fraction of sp³-hybridized carbons (Fsp3) is 1.00. The van der Waals surface area contributed by atoms with Crippen LogP contribution in [-0.4, -0.2) is 11.8 Å². The summed E-state index contributed by atoms with van der Waals surface area (Å²) < 4.78 is 25.2. The molecule has 0 saturated heterocycles. The average molecular weight is 150 g/mol. The summed E-state index contributed by atoms with van der Waals surface area (Å²) in [5.74, 6) is 0. The van der Waals surface area contributed by atoms with Crippen LogP contribution < -0.4 is 0 Å². The van der Waals surface area contributed by atoms with Gasteiger partial charge in [0.2, 0.25) is 0 Å². The van der Waals surface area contributed by atoms with Crippen LogP contribution in [0.3, 0.4) is 0 Å². The maximum Gasteiger partial charge on any atom is 0.105 e. The molecule has 0 saturated carbocycles. The molecule has 0 N–H and O–H groups in total. The first-order valence-corrected chi connectivity index (χ1v) is 3.78. The van der Waals surface area contributed by atoms with Crippen LogP contribution >= 0.6 is 0 Å². The van der Waals surface area contributed by atoms with Gasteiger partial charge < -0.3 is 0 Å². The third kappa shape index (κ3) is 5.99. The first-order chi connectivity index (χ1) is 4.45. The highest BCUT2D eigenvalue weighted by Crippen LogP contribution is 2.19. The van der Waals surface area contributed by atoms with Crippen molar-refractivity contribution in [3.8, 4) is 0 Å². The summed E-state index contributed by atoms with van der Waals surface area (Å²) in [6.45, 7) is 4.74. The van der Waals surface area contributed by atoms with E-state index in [2.05, 4.69) is 0 Å². The Kier molecular flexibility index (Phi) is 3.84. The predicted octanol–water partition coefficient (Wildman–Crippen LogP) is 3.26. The van der Waals surface area contributed by atoms with Gasteiger partial charge in [-0.15, -0.1) is 0 Å². The molecule has 0 aliphatic carbocycles. The molecule has 0 rings (SSSR count). The number of halogens is 2. The molecule has 0 aliphatic heterocycles. The molecule has 0 aromatic rings. The molecule has 0 aromatic carbocycles. The number of hydrogen-bond donors (Lipinski definition) is 0. The fourth-order valence-electron chi connectivity index (χ4n) is 0.704. The largest absolute Gasteiger partial charge is 0.248 e. The lowest BCUT2D eigenvalue weighted by molar-refractivity contribution is 0.171. The summed E-state index contributed by atoms with van der Waals surface area (Å²) in [5.41, 5.74) is -1.21. The molecule has 0 aromatic heterocycles. The van der Waals surface area contributed by atoms with Crippen LogP contribution in [0.2, 0.25) is 0 Å². The Labute approximate surface area is 61.6 Å². The topological polar surface area (TPSA) is 0 Å². The lowest BCUT2D eigenvalue weighted by Crippen LogP contribution is -2.14. The summed E-state index contributed by atoms with van der Waals surface area (Å²) in [7, 11) is 0. The van der Waals surface area contributed by atoms with E-state index in [4.69, 9.17) is 0 Å². The number of rotatable bonds is 4. The first-order valence-electron chi connectivity index (χ1n) is 3.78. The van der Waals surface area contributed by atoms with Gasteiger partial charge in [0, 0.05) is 0 Å². The Bertz CT molecular complexity index is 83.7. The lowest BCUT2D eigenvalue weighted by atomic mass is 10.0. The second-order valence-corrected chi connectivity index (χ2v) is 3.26. The molecule has 1 unspecified atom stereocenters. The number of hydrogen-bond acceptors (Lipinski definition) is 0. The highest BCUT2D eigenvalue weighted by atomic mass is 19.1. The summed E-state index contributed by atoms with van der Waals surface area (Å²) in [6.07, 6.45) is 0.341. The molecule has 0 aliphatic rings. The van der Waals surface area contributed by atoms with Gasteiger partial charge in [-0.3, -0.25) is 0 Å². The fourth-order valence-corrected chi connectivity index (χ4v) is 0.704. The first kappa shape index (κ1) is 9.86. The van der Waals surface area contributed by atoms with Gasteiger partial charge in [-0.25, -0.2) is 8.78 Å². The van der Waals surface area contributed by atoms with Crippen LogP contribution in [0, 0.1) is 0 Å². The van der Waals surface area contributed by atoms with Crippen LogP contribution in [0.5, 0.6) is 0 Å². The summed E-state index contributed by atoms with van der Waals surface area (Å²) in [5, 5.41) is 0. The maximum absolute atomic E-state index is 12.7. The van der Waals surface area contributed by atoms with Crippen LogP contribution in [0.25, 0.3) is 0 Å². The van der Waals surface area contributed by atoms with E-state index >= 15 is 0 Å². The van der Waals surface area contributed by atoms with Crippen molar-refractivity contribution >= 4 is 0 Å². The smallest absolute Gasteiger partial charge is 0.105 e. The standard InChI is InChI=1S/C8H16F2/c1-4-7(9)5-6-8(2,3)10/h7H,4-6H2,1-3H3. The molecule has 0 nitrogen and oxygen atoms in total. The Morgan fingerprint density at radius 1 is 1.40 bits per heavy atom. The molecule has 0 heterocycles. The van der Waals surface area contributed by atoms with Gasteiger partial charge in [-0.1, -0.05) is 6.92 Å². The zero-order chi connectivity index (χ0) is 8.20. The Morgan fingerprint density at radius 3 is 2.20 bits per heavy atom. The normalized spacial score (nSPS) is 15.3. The van der Waals surface area contributed by atoms with Gasteiger partial charge in [-0.2, -0.15) is 0 Å². The molecule has 1 atom stereocenters. The van der Waals surface area contributed by atoms with Crippen molar-refractivity contribution in [1.82, 2.24) is 0 Å². The van der Waals surface area contributed by atoms with Crippen LogP contribution in [0.1, 0.15) is 40.0 Å². The predicted molar refractivity (Wildman–Crippen MR) is 39.6 cm³/mol. The van der Waals surface area contributed by atoms with E-state index in [-0.39, 0.29) is 0 Å². The SMILES string of the molecule is CCC(F)CCC(C)(C)F. The summed E-state index contributed by atoms with van der Waals surface area (Å²) in [6, 6.07) is 0. The van der Waals surface area contributed by atoms with Crippen molar-refractivity contribution in [3.05, 3.63) is 0 Å². The van der Waals surface area contributed by atoms with Gasteiger partial charge in [0.05, 0.1) is 6.17 Å². The summed E-state index contributed by atoms with van der Waals surface area (Å²) in [4.78, 5) is 0. The van der Waals surface area contributed by atoms with Crippen LogP contribution in [0.15, 0.2) is 0 Å². The zero-order valence-corrected chi connectivity index (χ0v) is 6.95. The van der Waals surface area contributed by atoms with Crippen molar-refractivity contribution in [2.24, 2.45) is 0 Å². The minimum atomic E-state index is -1.21. The molecule has 10 heavy (non-hydrogen) atoms.